The van der Waals surface area contributed by atoms with Crippen molar-refractivity contribution in [1.82, 2.24) is 40.0 Å². The smallest absolute Gasteiger partial charge is 0.453 e. The molecule has 4 aliphatic rings. The number of H-pyrrole nitrogens is 1. The molecule has 7 aromatic rings. The predicted octanol–water partition coefficient (Wildman–Crippen LogP) is 10.3. The van der Waals surface area contributed by atoms with Crippen molar-refractivity contribution in [3.63, 3.8) is 0 Å². The number of likely N-dealkylation sites (tertiary alicyclic amines) is 2. The fraction of sp³-hybridized carbons (Fsp3) is 0.439. The van der Waals surface area contributed by atoms with Crippen LogP contribution < -0.4 is 20.4 Å². The van der Waals surface area contributed by atoms with Crippen molar-refractivity contribution in [2.24, 2.45) is 0 Å². The molecule has 0 aliphatic carbocycles. The Balaban J connectivity index is 1.00. The number of ether oxygens (including phenoxy) is 5. The van der Waals surface area contributed by atoms with Crippen LogP contribution in [-0.4, -0.2) is 148 Å². The van der Waals surface area contributed by atoms with Crippen LogP contribution in [0.5, 0.6) is 0 Å². The summed E-state index contributed by atoms with van der Waals surface area (Å²) in [4.78, 5) is 106. The zero-order valence-electron chi connectivity index (χ0n) is 53.4. The van der Waals surface area contributed by atoms with Gasteiger partial charge in [-0.2, -0.15) is 0 Å². The average Bonchev–Trinajstić information content (AvgIpc) is 1.56. The number of phosphoric ester groups is 1. The number of carbonyl (C=O) groups is 5. The zero-order chi connectivity index (χ0) is 68.4. The van der Waals surface area contributed by atoms with Crippen LogP contribution in [0.4, 0.5) is 42.9 Å². The van der Waals surface area contributed by atoms with E-state index >= 15 is 17.6 Å². The second-order valence-corrected chi connectivity index (χ2v) is 25.6. The first kappa shape index (κ1) is 68.6. The van der Waals surface area contributed by atoms with E-state index in [1.807, 2.05) is 0 Å². The van der Waals surface area contributed by atoms with Crippen LogP contribution in [0.3, 0.4) is 0 Å². The number of anilines is 2. The molecule has 4 fully saturated rings. The van der Waals surface area contributed by atoms with Crippen molar-refractivity contribution < 1.29 is 88.5 Å². The number of alkyl carbamates (subject to hydrolysis) is 2. The summed E-state index contributed by atoms with van der Waals surface area (Å²) < 4.78 is 128. The van der Waals surface area contributed by atoms with E-state index in [-0.39, 0.29) is 107 Å². The summed E-state index contributed by atoms with van der Waals surface area (Å²) >= 11 is 0. The van der Waals surface area contributed by atoms with Crippen LogP contribution in [0.2, 0.25) is 0 Å². The van der Waals surface area contributed by atoms with E-state index in [0.717, 1.165) is 30.9 Å². The monoisotopic (exact) mass is 1360 g/mol. The van der Waals surface area contributed by atoms with Gasteiger partial charge in [0.15, 0.2) is 18.4 Å². The number of halogens is 5. The Kier molecular flexibility index (Phi) is 20.7. The summed E-state index contributed by atoms with van der Waals surface area (Å²) in [6.45, 7) is 2.81. The van der Waals surface area contributed by atoms with Gasteiger partial charge in [-0.3, -0.25) is 18.7 Å². The van der Waals surface area contributed by atoms with Crippen LogP contribution in [0.25, 0.3) is 22.1 Å². The standard InChI is InChI=1S/C66H74F5N10O14P/c1-35(90-3)57(75-65(85)92-5)62(82)78-23-9-13-54(78)60-72-49-29-43(45(68)31-50(49)73-60)52-19-20-53(81(52)41-27-47(70)59(48(71)28-41)77-25-21-38(22-26-77)37-15-17-40(67)18-16-37)44-30-56-51(32-46(44)69)74-61(55-14-10-24-79(55)63(83)58(36(2)91-4)76-66(86)93-6)80(56)34-94-64(84)42-12-8-7-11-39(42)33-95-96(87,88)89/h7-8,11-12,15-18,27-32,35-36,38,52-55,57-58H,9-10,13-14,19-26,33-34H2,1-6H3,(H,72,73)(H,75,85)(H,76,86)(H2,87,88,89)/t35-,36-,52-,53-,54+,55+,57+,58+/m1/s1. The maximum atomic E-state index is 17.7. The number of amides is 4. The first-order valence-corrected chi connectivity index (χ1v) is 33.0. The van der Waals surface area contributed by atoms with Crippen molar-refractivity contribution in [1.29, 1.82) is 0 Å². The Labute approximate surface area is 548 Å². The van der Waals surface area contributed by atoms with E-state index in [4.69, 9.17) is 38.2 Å². The third-order valence-corrected chi connectivity index (χ3v) is 19.3. The number of piperidine rings is 1. The van der Waals surface area contributed by atoms with Gasteiger partial charge in [0, 0.05) is 69.3 Å². The lowest BCUT2D eigenvalue weighted by molar-refractivity contribution is -0.138. The second kappa shape index (κ2) is 28.9. The number of benzene rings is 5. The summed E-state index contributed by atoms with van der Waals surface area (Å²) in [5.41, 5.74) is 1.17. The van der Waals surface area contributed by atoms with Crippen molar-refractivity contribution >= 4 is 71.2 Å². The molecule has 5 N–H and O–H groups in total. The lowest BCUT2D eigenvalue weighted by atomic mass is 9.89. The molecule has 0 spiro atoms. The first-order valence-electron chi connectivity index (χ1n) is 31.5. The Morgan fingerprint density at radius 3 is 1.80 bits per heavy atom. The summed E-state index contributed by atoms with van der Waals surface area (Å²) in [5.74, 6) is -5.47. The minimum Gasteiger partial charge on any atom is -0.453 e. The number of hydrogen-bond acceptors (Lipinski definition) is 16. The number of hydrogen-bond donors (Lipinski definition) is 5. The van der Waals surface area contributed by atoms with Gasteiger partial charge in [0.25, 0.3) is 0 Å². The van der Waals surface area contributed by atoms with Gasteiger partial charge >= 0.3 is 26.0 Å². The Morgan fingerprint density at radius 1 is 0.656 bits per heavy atom. The van der Waals surface area contributed by atoms with Crippen molar-refractivity contribution in [2.75, 3.05) is 64.4 Å². The van der Waals surface area contributed by atoms with Gasteiger partial charge in [0.05, 0.1) is 84.8 Å². The number of rotatable bonds is 21. The molecule has 0 unspecified atom stereocenters. The number of aromatic amines is 1. The van der Waals surface area contributed by atoms with Crippen LogP contribution >= 0.6 is 7.82 Å². The summed E-state index contributed by atoms with van der Waals surface area (Å²) in [6, 6.07) is 13.4. The molecule has 0 bridgehead atoms. The zero-order valence-corrected chi connectivity index (χ0v) is 54.3. The number of phosphoric acid groups is 1. The van der Waals surface area contributed by atoms with E-state index in [1.54, 1.807) is 40.7 Å². The highest BCUT2D eigenvalue weighted by atomic mass is 31.2. The van der Waals surface area contributed by atoms with Crippen LogP contribution in [-0.2, 0) is 55.7 Å². The van der Waals surface area contributed by atoms with Gasteiger partial charge in [-0.15, -0.1) is 0 Å². The molecule has 4 saturated heterocycles. The molecule has 0 saturated carbocycles. The molecule has 24 nitrogen and oxygen atoms in total. The number of fused-ring (bicyclic) bond motifs is 2. The minimum absolute atomic E-state index is 0.00173. The normalized spacial score (nSPS) is 19.8. The van der Waals surface area contributed by atoms with Gasteiger partial charge < -0.3 is 68.7 Å². The molecule has 6 heterocycles. The Hall–Kier alpha value is -8.73. The molecule has 512 valence electrons. The van der Waals surface area contributed by atoms with E-state index < -0.39 is 123 Å². The highest BCUT2D eigenvalue weighted by Gasteiger charge is 2.44. The summed E-state index contributed by atoms with van der Waals surface area (Å²) in [5, 5.41) is 5.10. The van der Waals surface area contributed by atoms with Crippen molar-refractivity contribution in [3.8, 4) is 0 Å². The second-order valence-electron chi connectivity index (χ2n) is 24.3. The lowest BCUT2D eigenvalue weighted by Gasteiger charge is -2.36. The average molecular weight is 1360 g/mol. The Bertz CT molecular complexity index is 4090. The highest BCUT2D eigenvalue weighted by Crippen LogP contribution is 2.51. The number of nitrogens with zero attached hydrogens (tertiary/aromatic N) is 7. The van der Waals surface area contributed by atoms with E-state index in [1.165, 1.54) is 85.4 Å². The maximum Gasteiger partial charge on any atom is 0.469 e. The van der Waals surface area contributed by atoms with Crippen LogP contribution in [0.1, 0.15) is 140 Å². The van der Waals surface area contributed by atoms with Gasteiger partial charge in [-0.25, -0.2) is 50.9 Å². The maximum absolute atomic E-state index is 17.7. The predicted molar refractivity (Wildman–Crippen MR) is 338 cm³/mol. The third kappa shape index (κ3) is 14.2. The largest absolute Gasteiger partial charge is 0.469 e. The number of imidazole rings is 2. The molecule has 96 heavy (non-hydrogen) atoms. The molecule has 0 radical (unpaired) electrons. The molecule has 8 atom stereocenters. The SMILES string of the molecule is COC(=O)N[C@H](C(=O)N1CCC[C@H]1c1nc2cc(F)c([C@H]3CC[C@H](c4cc5c(cc4F)nc([C@@H]4CCCN4C(=O)[C@@H](NC(=O)OC)[C@@H](C)OC)n5COC(=O)c4ccccc4COP(=O)(O)O)N3c3cc(F)c(N4CCC(c5ccc(F)cc5)CC4)c(F)c3)cc2[nH]1)[C@@H](C)OC. The lowest BCUT2D eigenvalue weighted by Crippen LogP contribution is -2.54. The quantitative estimate of drug-likeness (QED) is 0.0193. The van der Waals surface area contributed by atoms with E-state index in [0.29, 0.717) is 50.0 Å². The number of methoxy groups -OCH3 is 4. The van der Waals surface area contributed by atoms with Crippen LogP contribution in [0, 0.1) is 29.1 Å². The third-order valence-electron chi connectivity index (χ3n) is 18.8. The van der Waals surface area contributed by atoms with E-state index in [9.17, 15) is 42.7 Å². The molecular weight excluding hydrogens is 1280 g/mol. The fourth-order valence-electron chi connectivity index (χ4n) is 13.8. The fourth-order valence-corrected chi connectivity index (χ4v) is 14.1. The molecule has 30 heteroatoms. The minimum atomic E-state index is -5.01. The summed E-state index contributed by atoms with van der Waals surface area (Å²) in [7, 11) is 0.0519. The van der Waals surface area contributed by atoms with Gasteiger partial charge in [-0.05, 0) is 125 Å². The van der Waals surface area contributed by atoms with Gasteiger partial charge in [-0.1, -0.05) is 30.3 Å². The van der Waals surface area contributed by atoms with Gasteiger partial charge in [0.1, 0.15) is 46.9 Å². The highest BCUT2D eigenvalue weighted by molar-refractivity contribution is 7.46. The molecule has 4 aliphatic heterocycles. The number of aromatic nitrogens is 4. The molecule has 2 aromatic heterocycles. The molecule has 11 rings (SSSR count). The first-order chi connectivity index (χ1) is 46.0. The Morgan fingerprint density at radius 2 is 1.22 bits per heavy atom. The van der Waals surface area contributed by atoms with E-state index in [2.05, 4.69) is 15.6 Å². The van der Waals surface area contributed by atoms with Crippen molar-refractivity contribution in [3.05, 3.63) is 153 Å². The summed E-state index contributed by atoms with van der Waals surface area (Å²) in [6.07, 6.45) is -0.537. The van der Waals surface area contributed by atoms with Crippen LogP contribution in [0.15, 0.2) is 84.9 Å². The molecular formula is C66H74F5N10O14P. The number of esters is 1. The number of carbonyl (C=O) groups excluding carboxylic acids is 5. The van der Waals surface area contributed by atoms with Gasteiger partial charge in [0.2, 0.25) is 11.8 Å². The van der Waals surface area contributed by atoms with Crippen molar-refractivity contribution in [2.45, 2.75) is 133 Å². The molecule has 5 aromatic carbocycles. The topological polar surface area (TPSA) is 282 Å². The number of nitrogens with one attached hydrogen (secondary N) is 3. The molecule has 4 amide bonds.